The number of aliphatic hydroxyl groups is 1. The molecule has 0 amide bonds. The van der Waals surface area contributed by atoms with E-state index >= 15 is 0 Å². The van der Waals surface area contributed by atoms with Crippen LogP contribution in [0.3, 0.4) is 0 Å². The summed E-state index contributed by atoms with van der Waals surface area (Å²) in [5, 5.41) is 9.05. The van der Waals surface area contributed by atoms with Crippen molar-refractivity contribution in [3.8, 4) is 0 Å². The first kappa shape index (κ1) is 14.5. The Bertz CT molecular complexity index is 520. The third-order valence-electron chi connectivity index (χ3n) is 3.14. The van der Waals surface area contributed by atoms with Crippen LogP contribution in [0.25, 0.3) is 0 Å². The third kappa shape index (κ3) is 4.04. The Balaban J connectivity index is 1.82. The highest BCUT2D eigenvalue weighted by molar-refractivity contribution is 7.89. The van der Waals surface area contributed by atoms with Crippen LogP contribution in [0, 0.1) is 5.92 Å². The molecule has 1 heterocycles. The largest absolute Gasteiger partial charge is 0.390 e. The minimum absolute atomic E-state index is 0.168. The molecule has 0 aromatic carbocycles. The quantitative estimate of drug-likeness (QED) is 0.671. The predicted octanol–water partition coefficient (Wildman–Crippen LogP) is 0.222. The minimum Gasteiger partial charge on any atom is -0.390 e. The Kier molecular flexibility index (Phi) is 4.62. The van der Waals surface area contributed by atoms with Gasteiger partial charge in [0, 0.05) is 32.1 Å². The van der Waals surface area contributed by atoms with Crippen molar-refractivity contribution in [3.05, 3.63) is 18.0 Å². The first-order valence-corrected chi connectivity index (χ1v) is 7.85. The highest BCUT2D eigenvalue weighted by Gasteiger charge is 2.21. The Morgan fingerprint density at radius 2 is 2.26 bits per heavy atom. The molecule has 0 radical (unpaired) electrons. The normalized spacial score (nSPS) is 15.9. The number of aliphatic hydroxyl groups excluding tert-OH is 1. The van der Waals surface area contributed by atoms with E-state index in [1.54, 1.807) is 11.6 Å². The van der Waals surface area contributed by atoms with Crippen molar-refractivity contribution in [1.29, 1.82) is 0 Å². The van der Waals surface area contributed by atoms with E-state index in [1.807, 2.05) is 0 Å². The van der Waals surface area contributed by atoms with Gasteiger partial charge in [-0.2, -0.15) is 0 Å². The average Bonchev–Trinajstić information content (AvgIpc) is 3.10. The van der Waals surface area contributed by atoms with Gasteiger partial charge in [-0.3, -0.25) is 0 Å². The molecule has 2 rings (SSSR count). The Hall–Kier alpha value is -0.890. The molecule has 0 atom stereocenters. The summed E-state index contributed by atoms with van der Waals surface area (Å²) in [5.74, 6) is 0.679. The topological polar surface area (TPSA) is 80.6 Å². The van der Waals surface area contributed by atoms with Crippen LogP contribution >= 0.6 is 0 Å². The van der Waals surface area contributed by atoms with Crippen LogP contribution in [0.2, 0.25) is 0 Å². The molecular formula is C12H20N2O4S. The fraction of sp³-hybridized carbons (Fsp3) is 0.667. The Morgan fingerprint density at radius 3 is 2.84 bits per heavy atom. The summed E-state index contributed by atoms with van der Waals surface area (Å²) in [5.41, 5.74) is 0.561. The molecule has 0 spiro atoms. The summed E-state index contributed by atoms with van der Waals surface area (Å²) in [7, 11) is -1.82. The number of aryl methyl sites for hydroxylation is 1. The summed E-state index contributed by atoms with van der Waals surface area (Å²) in [4.78, 5) is 0.168. The van der Waals surface area contributed by atoms with Crippen molar-refractivity contribution in [2.75, 3.05) is 19.8 Å². The van der Waals surface area contributed by atoms with Crippen LogP contribution in [0.4, 0.5) is 0 Å². The fourth-order valence-corrected chi connectivity index (χ4v) is 2.85. The molecule has 0 unspecified atom stereocenters. The number of aromatic nitrogens is 1. The number of ether oxygens (including phenoxy) is 1. The summed E-state index contributed by atoms with van der Waals surface area (Å²) in [6, 6.07) is 1.47. The molecule has 1 aliphatic rings. The van der Waals surface area contributed by atoms with Crippen molar-refractivity contribution in [3.63, 3.8) is 0 Å². The van der Waals surface area contributed by atoms with Gasteiger partial charge in [0.1, 0.15) is 0 Å². The first-order chi connectivity index (χ1) is 9.03. The van der Waals surface area contributed by atoms with Gasteiger partial charge in [-0.25, -0.2) is 13.1 Å². The highest BCUT2D eigenvalue weighted by atomic mass is 32.2. The van der Waals surface area contributed by atoms with Gasteiger partial charge in [0.05, 0.1) is 18.1 Å². The van der Waals surface area contributed by atoms with E-state index in [9.17, 15) is 8.42 Å². The number of rotatable bonds is 8. The van der Waals surface area contributed by atoms with E-state index in [1.165, 1.54) is 25.1 Å². The molecule has 108 valence electrons. The summed E-state index contributed by atoms with van der Waals surface area (Å²) in [6.07, 6.45) is 3.93. The lowest BCUT2D eigenvalue weighted by molar-refractivity contribution is 0.129. The van der Waals surface area contributed by atoms with Gasteiger partial charge >= 0.3 is 0 Å². The van der Waals surface area contributed by atoms with E-state index in [0.717, 1.165) is 6.61 Å². The lowest BCUT2D eigenvalue weighted by Gasteiger charge is -2.05. The van der Waals surface area contributed by atoms with Crippen molar-refractivity contribution in [2.45, 2.75) is 24.3 Å². The highest BCUT2D eigenvalue weighted by Crippen LogP contribution is 2.28. The third-order valence-corrected chi connectivity index (χ3v) is 4.57. The summed E-state index contributed by atoms with van der Waals surface area (Å²) >= 11 is 0. The molecule has 19 heavy (non-hydrogen) atoms. The van der Waals surface area contributed by atoms with Gasteiger partial charge in [0.25, 0.3) is 0 Å². The summed E-state index contributed by atoms with van der Waals surface area (Å²) < 4.78 is 33.4. The second-order valence-corrected chi connectivity index (χ2v) is 6.62. The maximum absolute atomic E-state index is 12.0. The number of hydrogen-bond acceptors (Lipinski definition) is 4. The zero-order chi connectivity index (χ0) is 13.9. The minimum atomic E-state index is -3.52. The van der Waals surface area contributed by atoms with Gasteiger partial charge in [-0.15, -0.1) is 0 Å². The molecule has 1 saturated carbocycles. The van der Waals surface area contributed by atoms with Crippen LogP contribution in [0.5, 0.6) is 0 Å². The van der Waals surface area contributed by atoms with Crippen LogP contribution in [-0.2, 0) is 28.4 Å². The molecule has 0 bridgehead atoms. The molecule has 2 N–H and O–H groups in total. The van der Waals surface area contributed by atoms with Crippen LogP contribution < -0.4 is 4.72 Å². The van der Waals surface area contributed by atoms with E-state index in [4.69, 9.17) is 9.84 Å². The zero-order valence-electron chi connectivity index (χ0n) is 11.0. The first-order valence-electron chi connectivity index (χ1n) is 6.36. The molecule has 1 fully saturated rings. The number of nitrogens with one attached hydrogen (secondary N) is 1. The van der Waals surface area contributed by atoms with Crippen LogP contribution in [-0.4, -0.2) is 37.8 Å². The molecular weight excluding hydrogens is 268 g/mol. The maximum atomic E-state index is 12.0. The summed E-state index contributed by atoms with van der Waals surface area (Å²) in [6.45, 7) is 1.19. The standard InChI is InChI=1S/C12H20N2O4S/c1-14-7-12(6-11(14)8-15)19(16,17)13-4-5-18-9-10-2-3-10/h6-7,10,13,15H,2-5,8-9H2,1H3. The lowest BCUT2D eigenvalue weighted by atomic mass is 10.5. The number of sulfonamides is 1. The van der Waals surface area contributed by atoms with E-state index in [2.05, 4.69) is 4.72 Å². The second-order valence-electron chi connectivity index (χ2n) is 4.85. The van der Waals surface area contributed by atoms with Gasteiger partial charge in [0.2, 0.25) is 10.0 Å². The molecule has 7 heteroatoms. The molecule has 1 aromatic rings. The van der Waals surface area contributed by atoms with Gasteiger partial charge in [-0.1, -0.05) is 0 Å². The molecule has 1 aliphatic carbocycles. The van der Waals surface area contributed by atoms with Crippen LogP contribution in [0.1, 0.15) is 18.5 Å². The van der Waals surface area contributed by atoms with Gasteiger partial charge < -0.3 is 14.4 Å². The lowest BCUT2D eigenvalue weighted by Crippen LogP contribution is -2.27. The number of nitrogens with zero attached hydrogens (tertiary/aromatic N) is 1. The van der Waals surface area contributed by atoms with Gasteiger partial charge in [-0.05, 0) is 24.8 Å². The van der Waals surface area contributed by atoms with Gasteiger partial charge in [0.15, 0.2) is 0 Å². The average molecular weight is 288 g/mol. The van der Waals surface area contributed by atoms with E-state index in [-0.39, 0.29) is 18.0 Å². The monoisotopic (exact) mass is 288 g/mol. The van der Waals surface area contributed by atoms with E-state index < -0.39 is 10.0 Å². The molecule has 1 aromatic heterocycles. The molecule has 0 aliphatic heterocycles. The van der Waals surface area contributed by atoms with Crippen LogP contribution in [0.15, 0.2) is 17.2 Å². The molecule has 0 saturated heterocycles. The number of hydrogen-bond donors (Lipinski definition) is 2. The maximum Gasteiger partial charge on any atom is 0.242 e. The Morgan fingerprint density at radius 1 is 1.53 bits per heavy atom. The van der Waals surface area contributed by atoms with Crippen molar-refractivity contribution in [2.24, 2.45) is 13.0 Å². The fourth-order valence-electron chi connectivity index (χ4n) is 1.75. The van der Waals surface area contributed by atoms with Crippen molar-refractivity contribution < 1.29 is 18.3 Å². The van der Waals surface area contributed by atoms with Crippen molar-refractivity contribution >= 4 is 10.0 Å². The SMILES string of the molecule is Cn1cc(S(=O)(=O)NCCOCC2CC2)cc1CO. The second kappa shape index (κ2) is 6.04. The smallest absolute Gasteiger partial charge is 0.242 e. The van der Waals surface area contributed by atoms with Crippen molar-refractivity contribution in [1.82, 2.24) is 9.29 Å². The Labute approximate surface area is 113 Å². The predicted molar refractivity (Wildman–Crippen MR) is 70.1 cm³/mol. The molecule has 6 nitrogen and oxygen atoms in total. The zero-order valence-corrected chi connectivity index (χ0v) is 11.8. The van der Waals surface area contributed by atoms with E-state index in [0.29, 0.717) is 18.2 Å².